The Hall–Kier alpha value is -1.70. The highest BCUT2D eigenvalue weighted by atomic mass is 16.3. The first-order chi connectivity index (χ1) is 7.33. The van der Waals surface area contributed by atoms with Crippen LogP contribution in [0.4, 0.5) is 0 Å². The maximum atomic E-state index is 9.41. The molecule has 2 nitrogen and oxygen atoms in total. The minimum Gasteiger partial charge on any atom is -0.508 e. The number of phenolic OH excluding ortho intramolecular Hbond substituents is 1. The molecule has 15 heavy (non-hydrogen) atoms. The summed E-state index contributed by atoms with van der Waals surface area (Å²) in [5.74, 6) is 0.377. The first-order valence-electron chi connectivity index (χ1n) is 5.26. The highest BCUT2D eigenvalue weighted by Crippen LogP contribution is 2.32. The molecular weight excluding hydrogens is 186 g/mol. The van der Waals surface area contributed by atoms with Crippen LogP contribution in [0.2, 0.25) is 0 Å². The zero-order valence-electron chi connectivity index (χ0n) is 8.43. The number of hydrogen-bond donors (Lipinski definition) is 1. The topological polar surface area (TPSA) is 25.2 Å². The lowest BCUT2D eigenvalue weighted by molar-refractivity contribution is 0.474. The van der Waals surface area contributed by atoms with Crippen LogP contribution in [0.15, 0.2) is 42.7 Å². The third-order valence-corrected chi connectivity index (χ3v) is 3.15. The molecule has 3 rings (SSSR count). The number of aromatic hydroxyl groups is 1. The molecule has 0 saturated carbocycles. The summed E-state index contributed by atoms with van der Waals surface area (Å²) in [6.07, 6.45) is 6.31. The second-order valence-corrected chi connectivity index (χ2v) is 4.15. The standard InChI is InChI=1S/C13H13NO/c15-13-4-3-10-7-12(8-11(10)9-13)14-5-1-2-6-14/h1-6,9,12,15H,7-8H2. The van der Waals surface area contributed by atoms with Gasteiger partial charge in [-0.25, -0.2) is 0 Å². The highest BCUT2D eigenvalue weighted by Gasteiger charge is 2.22. The molecule has 0 fully saturated rings. The Bertz CT molecular complexity index is 473. The lowest BCUT2D eigenvalue weighted by atomic mass is 10.1. The van der Waals surface area contributed by atoms with Gasteiger partial charge in [-0.15, -0.1) is 0 Å². The van der Waals surface area contributed by atoms with Crippen LogP contribution >= 0.6 is 0 Å². The molecule has 0 saturated heterocycles. The van der Waals surface area contributed by atoms with Gasteiger partial charge in [0.15, 0.2) is 0 Å². The largest absolute Gasteiger partial charge is 0.508 e. The molecule has 1 aliphatic rings. The number of hydrogen-bond acceptors (Lipinski definition) is 1. The molecule has 1 aromatic heterocycles. The van der Waals surface area contributed by atoms with E-state index in [9.17, 15) is 5.11 Å². The van der Waals surface area contributed by atoms with Gasteiger partial charge in [0.05, 0.1) is 0 Å². The first-order valence-corrected chi connectivity index (χ1v) is 5.26. The van der Waals surface area contributed by atoms with Crippen molar-refractivity contribution < 1.29 is 5.11 Å². The minimum atomic E-state index is 0.377. The smallest absolute Gasteiger partial charge is 0.115 e. The van der Waals surface area contributed by atoms with Gasteiger partial charge in [-0.1, -0.05) is 6.07 Å². The Kier molecular flexibility index (Phi) is 1.81. The molecule has 1 aromatic carbocycles. The maximum absolute atomic E-state index is 9.41. The van der Waals surface area contributed by atoms with Crippen LogP contribution in [0.5, 0.6) is 5.75 Å². The molecule has 1 aliphatic carbocycles. The molecule has 76 valence electrons. The summed E-state index contributed by atoms with van der Waals surface area (Å²) >= 11 is 0. The van der Waals surface area contributed by atoms with Crippen molar-refractivity contribution in [2.45, 2.75) is 18.9 Å². The molecule has 1 atom stereocenters. The minimum absolute atomic E-state index is 0.377. The van der Waals surface area contributed by atoms with Gasteiger partial charge in [0.25, 0.3) is 0 Å². The van der Waals surface area contributed by atoms with Crippen molar-refractivity contribution in [3.63, 3.8) is 0 Å². The van der Waals surface area contributed by atoms with Gasteiger partial charge >= 0.3 is 0 Å². The van der Waals surface area contributed by atoms with E-state index in [4.69, 9.17) is 0 Å². The molecule has 0 amide bonds. The summed E-state index contributed by atoms with van der Waals surface area (Å²) in [4.78, 5) is 0. The second kappa shape index (κ2) is 3.16. The second-order valence-electron chi connectivity index (χ2n) is 4.15. The summed E-state index contributed by atoms with van der Waals surface area (Å²) in [5.41, 5.74) is 2.65. The molecule has 2 aromatic rings. The number of rotatable bonds is 1. The van der Waals surface area contributed by atoms with Crippen LogP contribution in [0.1, 0.15) is 17.2 Å². The van der Waals surface area contributed by atoms with Gasteiger partial charge in [0, 0.05) is 18.4 Å². The lowest BCUT2D eigenvalue weighted by Crippen LogP contribution is -2.05. The quantitative estimate of drug-likeness (QED) is 0.750. The molecule has 0 aliphatic heterocycles. The fourth-order valence-corrected chi connectivity index (χ4v) is 2.38. The van der Waals surface area contributed by atoms with Crippen LogP contribution in [0.3, 0.4) is 0 Å². The van der Waals surface area contributed by atoms with Crippen molar-refractivity contribution in [2.75, 3.05) is 0 Å². The molecule has 1 heterocycles. The van der Waals surface area contributed by atoms with E-state index >= 15 is 0 Å². The zero-order chi connectivity index (χ0) is 10.3. The van der Waals surface area contributed by atoms with Crippen LogP contribution in [0.25, 0.3) is 0 Å². The molecule has 1 N–H and O–H groups in total. The van der Waals surface area contributed by atoms with E-state index in [1.54, 1.807) is 6.07 Å². The SMILES string of the molecule is Oc1ccc2c(c1)CC(n1cccc1)C2. The van der Waals surface area contributed by atoms with Gasteiger partial charge in [-0.3, -0.25) is 0 Å². The van der Waals surface area contributed by atoms with Gasteiger partial charge in [-0.2, -0.15) is 0 Å². The first kappa shape index (κ1) is 8.60. The van der Waals surface area contributed by atoms with Crippen molar-refractivity contribution in [2.24, 2.45) is 0 Å². The molecule has 0 radical (unpaired) electrons. The van der Waals surface area contributed by atoms with Crippen molar-refractivity contribution in [3.05, 3.63) is 53.9 Å². The van der Waals surface area contributed by atoms with E-state index in [1.807, 2.05) is 12.1 Å². The Labute approximate surface area is 88.8 Å². The van der Waals surface area contributed by atoms with E-state index in [0.29, 0.717) is 11.8 Å². The summed E-state index contributed by atoms with van der Waals surface area (Å²) in [6, 6.07) is 10.3. The molecule has 0 bridgehead atoms. The predicted octanol–water partition coefficient (Wildman–Crippen LogP) is 2.53. The maximum Gasteiger partial charge on any atom is 0.115 e. The Morgan fingerprint density at radius 3 is 2.60 bits per heavy atom. The number of fused-ring (bicyclic) bond motifs is 1. The van der Waals surface area contributed by atoms with E-state index in [1.165, 1.54) is 11.1 Å². The Morgan fingerprint density at radius 2 is 1.80 bits per heavy atom. The van der Waals surface area contributed by atoms with E-state index in [2.05, 4.69) is 29.1 Å². The van der Waals surface area contributed by atoms with E-state index in [0.717, 1.165) is 12.8 Å². The average molecular weight is 199 g/mol. The molecule has 1 unspecified atom stereocenters. The van der Waals surface area contributed by atoms with Crippen LogP contribution in [0, 0.1) is 0 Å². The summed E-state index contributed by atoms with van der Waals surface area (Å²) < 4.78 is 2.25. The van der Waals surface area contributed by atoms with Crippen LogP contribution in [-0.4, -0.2) is 9.67 Å². The lowest BCUT2D eigenvalue weighted by Gasteiger charge is -2.10. The van der Waals surface area contributed by atoms with Gasteiger partial charge in [0.2, 0.25) is 0 Å². The molecular formula is C13H13NO. The fraction of sp³-hybridized carbons (Fsp3) is 0.231. The number of aromatic nitrogens is 1. The summed E-state index contributed by atoms with van der Waals surface area (Å²) in [5, 5.41) is 9.41. The number of nitrogens with zero attached hydrogens (tertiary/aromatic N) is 1. The normalized spacial score (nSPS) is 19.1. The monoisotopic (exact) mass is 199 g/mol. The summed E-state index contributed by atoms with van der Waals surface area (Å²) in [7, 11) is 0. The van der Waals surface area contributed by atoms with Gasteiger partial charge in [0.1, 0.15) is 5.75 Å². The number of phenols is 1. The van der Waals surface area contributed by atoms with E-state index < -0.39 is 0 Å². The molecule has 0 spiro atoms. The van der Waals surface area contributed by atoms with Crippen molar-refractivity contribution in [1.82, 2.24) is 4.57 Å². The van der Waals surface area contributed by atoms with Gasteiger partial charge < -0.3 is 9.67 Å². The van der Waals surface area contributed by atoms with Crippen molar-refractivity contribution in [1.29, 1.82) is 0 Å². The van der Waals surface area contributed by atoms with E-state index in [-0.39, 0.29) is 0 Å². The van der Waals surface area contributed by atoms with Crippen LogP contribution in [-0.2, 0) is 12.8 Å². The third-order valence-electron chi connectivity index (χ3n) is 3.15. The summed E-state index contributed by atoms with van der Waals surface area (Å²) in [6.45, 7) is 0. The zero-order valence-corrected chi connectivity index (χ0v) is 8.43. The van der Waals surface area contributed by atoms with Crippen molar-refractivity contribution >= 4 is 0 Å². The Morgan fingerprint density at radius 1 is 1.07 bits per heavy atom. The van der Waals surface area contributed by atoms with Gasteiger partial charge in [-0.05, 0) is 48.2 Å². The number of benzene rings is 1. The highest BCUT2D eigenvalue weighted by molar-refractivity contribution is 5.39. The average Bonchev–Trinajstić information content (AvgIpc) is 2.84. The van der Waals surface area contributed by atoms with Crippen molar-refractivity contribution in [3.8, 4) is 5.75 Å². The fourth-order valence-electron chi connectivity index (χ4n) is 2.38. The Balaban J connectivity index is 1.92. The molecule has 2 heteroatoms. The predicted molar refractivity (Wildman–Crippen MR) is 59.0 cm³/mol. The third kappa shape index (κ3) is 1.42. The van der Waals surface area contributed by atoms with Crippen LogP contribution < -0.4 is 0 Å².